The van der Waals surface area contributed by atoms with Crippen LogP contribution in [0.15, 0.2) is 42.6 Å². The average molecular weight is 314 g/mol. The zero-order valence-corrected chi connectivity index (χ0v) is 13.0. The maximum absolute atomic E-state index is 13.8. The zero-order valence-electron chi connectivity index (χ0n) is 13.0. The van der Waals surface area contributed by atoms with Gasteiger partial charge in [-0.1, -0.05) is 18.2 Å². The van der Waals surface area contributed by atoms with Crippen LogP contribution in [0.1, 0.15) is 5.56 Å². The second-order valence-electron chi connectivity index (χ2n) is 5.58. The van der Waals surface area contributed by atoms with Gasteiger partial charge in [-0.05, 0) is 30.7 Å². The summed E-state index contributed by atoms with van der Waals surface area (Å²) in [5.74, 6) is 0.311. The molecule has 2 aromatic rings. The molecule has 1 aliphatic heterocycles. The van der Waals surface area contributed by atoms with E-state index in [-0.39, 0.29) is 11.8 Å². The molecule has 2 amide bonds. The maximum Gasteiger partial charge on any atom is 0.323 e. The smallest absolute Gasteiger partial charge is 0.323 e. The molecule has 120 valence electrons. The van der Waals surface area contributed by atoms with Gasteiger partial charge in [0.2, 0.25) is 0 Å². The molecule has 3 rings (SSSR count). The molecule has 0 aliphatic carbocycles. The van der Waals surface area contributed by atoms with Gasteiger partial charge in [0, 0.05) is 32.4 Å². The molecule has 0 atom stereocenters. The molecule has 0 bridgehead atoms. The number of rotatable bonds is 2. The summed E-state index contributed by atoms with van der Waals surface area (Å²) in [4.78, 5) is 20.1. The molecule has 5 nitrogen and oxygen atoms in total. The number of carbonyl (C=O) groups excluding carboxylic acids is 1. The number of carbonyl (C=O) groups is 1. The highest BCUT2D eigenvalue weighted by molar-refractivity contribution is 5.88. The first-order valence-corrected chi connectivity index (χ1v) is 7.61. The molecule has 0 unspecified atom stereocenters. The quantitative estimate of drug-likeness (QED) is 0.927. The van der Waals surface area contributed by atoms with E-state index in [0.717, 1.165) is 5.56 Å². The molecule has 1 aromatic heterocycles. The molecule has 1 fully saturated rings. The zero-order chi connectivity index (χ0) is 16.2. The highest BCUT2D eigenvalue weighted by Crippen LogP contribution is 2.20. The Bertz CT molecular complexity index is 681. The van der Waals surface area contributed by atoms with E-state index in [1.165, 1.54) is 6.07 Å². The molecule has 0 saturated carbocycles. The fraction of sp³-hybridized carbons (Fsp3) is 0.294. The highest BCUT2D eigenvalue weighted by Gasteiger charge is 2.22. The van der Waals surface area contributed by atoms with Crippen LogP contribution >= 0.6 is 0 Å². The van der Waals surface area contributed by atoms with Crippen LogP contribution in [0.3, 0.4) is 0 Å². The van der Waals surface area contributed by atoms with E-state index >= 15 is 0 Å². The van der Waals surface area contributed by atoms with Crippen molar-refractivity contribution in [2.45, 2.75) is 6.92 Å². The second kappa shape index (κ2) is 6.64. The molecule has 1 saturated heterocycles. The number of nitrogens with one attached hydrogen (secondary N) is 1. The number of hydrogen-bond donors (Lipinski definition) is 1. The van der Waals surface area contributed by atoms with Crippen molar-refractivity contribution in [3.05, 3.63) is 54.0 Å². The van der Waals surface area contributed by atoms with Crippen molar-refractivity contribution in [3.63, 3.8) is 0 Å². The van der Waals surface area contributed by atoms with E-state index in [9.17, 15) is 9.18 Å². The van der Waals surface area contributed by atoms with Crippen molar-refractivity contribution >= 4 is 17.5 Å². The van der Waals surface area contributed by atoms with Gasteiger partial charge in [-0.2, -0.15) is 0 Å². The van der Waals surface area contributed by atoms with Gasteiger partial charge in [0.15, 0.2) is 0 Å². The van der Waals surface area contributed by atoms with Gasteiger partial charge in [-0.15, -0.1) is 0 Å². The first-order valence-electron chi connectivity index (χ1n) is 7.61. The summed E-state index contributed by atoms with van der Waals surface area (Å²) >= 11 is 0. The number of para-hydroxylation sites is 1. The average Bonchev–Trinajstić information content (AvgIpc) is 2.57. The molecule has 1 N–H and O–H groups in total. The van der Waals surface area contributed by atoms with Gasteiger partial charge < -0.3 is 9.80 Å². The van der Waals surface area contributed by atoms with E-state index in [1.807, 2.05) is 24.0 Å². The lowest BCUT2D eigenvalue weighted by Crippen LogP contribution is -2.50. The summed E-state index contributed by atoms with van der Waals surface area (Å²) in [5, 5.41) is 2.79. The fourth-order valence-corrected chi connectivity index (χ4v) is 2.59. The maximum atomic E-state index is 13.8. The van der Waals surface area contributed by atoms with E-state index in [2.05, 4.69) is 10.3 Å². The lowest BCUT2D eigenvalue weighted by atomic mass is 10.2. The van der Waals surface area contributed by atoms with E-state index < -0.39 is 0 Å². The second-order valence-corrected chi connectivity index (χ2v) is 5.58. The Morgan fingerprint density at radius 1 is 1.13 bits per heavy atom. The molecule has 1 aromatic carbocycles. The van der Waals surface area contributed by atoms with E-state index in [0.29, 0.717) is 37.7 Å². The third-order valence-corrected chi connectivity index (χ3v) is 3.91. The monoisotopic (exact) mass is 314 g/mol. The fourth-order valence-electron chi connectivity index (χ4n) is 2.59. The molecule has 6 heteroatoms. The Kier molecular flexibility index (Phi) is 4.41. The predicted molar refractivity (Wildman–Crippen MR) is 88.2 cm³/mol. The summed E-state index contributed by atoms with van der Waals surface area (Å²) in [6.07, 6.45) is 1.71. The SMILES string of the molecule is Cc1ccc(NC(=O)N2CCN(c3ccccc3F)CC2)nc1. The van der Waals surface area contributed by atoms with Gasteiger partial charge in [0.25, 0.3) is 0 Å². The van der Waals surface area contributed by atoms with Crippen LogP contribution < -0.4 is 10.2 Å². The molecular weight excluding hydrogens is 295 g/mol. The minimum Gasteiger partial charge on any atom is -0.366 e. The molecule has 2 heterocycles. The van der Waals surface area contributed by atoms with Gasteiger partial charge >= 0.3 is 6.03 Å². The Labute approximate surface area is 134 Å². The van der Waals surface area contributed by atoms with Gasteiger partial charge in [-0.25, -0.2) is 14.2 Å². The number of pyridine rings is 1. The molecule has 1 aliphatic rings. The standard InChI is InChI=1S/C17H19FN4O/c1-13-6-7-16(19-12-13)20-17(23)22-10-8-21(9-11-22)15-5-3-2-4-14(15)18/h2-7,12H,8-11H2,1H3,(H,19,20,23). The normalized spacial score (nSPS) is 14.7. The number of nitrogens with zero attached hydrogens (tertiary/aromatic N) is 3. The first-order chi connectivity index (χ1) is 11.1. The molecule has 0 radical (unpaired) electrons. The summed E-state index contributed by atoms with van der Waals surface area (Å²) < 4.78 is 13.8. The van der Waals surface area contributed by atoms with Crippen molar-refractivity contribution in [1.82, 2.24) is 9.88 Å². The number of benzene rings is 1. The number of piperazine rings is 1. The lowest BCUT2D eigenvalue weighted by Gasteiger charge is -2.36. The van der Waals surface area contributed by atoms with Crippen LogP contribution in [-0.2, 0) is 0 Å². The number of amides is 2. The largest absolute Gasteiger partial charge is 0.366 e. The van der Waals surface area contributed by atoms with E-state index in [4.69, 9.17) is 0 Å². The number of urea groups is 1. The van der Waals surface area contributed by atoms with Crippen molar-refractivity contribution in [1.29, 1.82) is 0 Å². The topological polar surface area (TPSA) is 48.5 Å². The lowest BCUT2D eigenvalue weighted by molar-refractivity contribution is 0.208. The van der Waals surface area contributed by atoms with Crippen LogP contribution in [0.4, 0.5) is 20.7 Å². The van der Waals surface area contributed by atoms with Crippen LogP contribution in [-0.4, -0.2) is 42.1 Å². The third kappa shape index (κ3) is 3.59. The Balaban J connectivity index is 1.57. The Morgan fingerprint density at radius 3 is 2.52 bits per heavy atom. The summed E-state index contributed by atoms with van der Waals surface area (Å²) in [6.45, 7) is 4.25. The van der Waals surface area contributed by atoms with Crippen molar-refractivity contribution in [2.24, 2.45) is 0 Å². The number of aromatic nitrogens is 1. The summed E-state index contributed by atoms with van der Waals surface area (Å²) in [6, 6.07) is 10.2. The van der Waals surface area contributed by atoms with Gasteiger partial charge in [-0.3, -0.25) is 5.32 Å². The summed E-state index contributed by atoms with van der Waals surface area (Å²) in [5.41, 5.74) is 1.63. The van der Waals surface area contributed by atoms with Gasteiger partial charge in [0.1, 0.15) is 11.6 Å². The Hall–Kier alpha value is -2.63. The van der Waals surface area contributed by atoms with Crippen LogP contribution in [0.25, 0.3) is 0 Å². The number of hydrogen-bond acceptors (Lipinski definition) is 3. The molecular formula is C17H19FN4O. The van der Waals surface area contributed by atoms with Gasteiger partial charge in [0.05, 0.1) is 5.69 Å². The number of halogens is 1. The highest BCUT2D eigenvalue weighted by atomic mass is 19.1. The number of aryl methyl sites for hydroxylation is 1. The summed E-state index contributed by atoms with van der Waals surface area (Å²) in [7, 11) is 0. The number of anilines is 2. The van der Waals surface area contributed by atoms with Crippen molar-refractivity contribution in [3.8, 4) is 0 Å². The van der Waals surface area contributed by atoms with Crippen molar-refractivity contribution < 1.29 is 9.18 Å². The predicted octanol–water partition coefficient (Wildman–Crippen LogP) is 2.88. The van der Waals surface area contributed by atoms with E-state index in [1.54, 1.807) is 29.3 Å². The Morgan fingerprint density at radius 2 is 1.87 bits per heavy atom. The van der Waals surface area contributed by atoms with Crippen molar-refractivity contribution in [2.75, 3.05) is 36.4 Å². The van der Waals surface area contributed by atoms with Crippen LogP contribution in [0.5, 0.6) is 0 Å². The third-order valence-electron chi connectivity index (χ3n) is 3.91. The minimum atomic E-state index is -0.228. The van der Waals surface area contributed by atoms with Crippen LogP contribution in [0, 0.1) is 12.7 Å². The minimum absolute atomic E-state index is 0.172. The first kappa shape index (κ1) is 15.3. The molecule has 23 heavy (non-hydrogen) atoms. The van der Waals surface area contributed by atoms with Crippen LogP contribution in [0.2, 0.25) is 0 Å². The molecule has 0 spiro atoms.